The zero-order chi connectivity index (χ0) is 14.5. The Kier molecular flexibility index (Phi) is 5.01. The number of nitrogens with two attached hydrogens (primary N) is 1. The molecule has 0 aliphatic carbocycles. The zero-order valence-corrected chi connectivity index (χ0v) is 12.3. The first-order valence-corrected chi connectivity index (χ1v) is 7.31. The van der Waals surface area contributed by atoms with Gasteiger partial charge < -0.3 is 10.5 Å². The molecule has 0 radical (unpaired) electrons. The van der Waals surface area contributed by atoms with Gasteiger partial charge >= 0.3 is 0 Å². The highest BCUT2D eigenvalue weighted by Crippen LogP contribution is 2.22. The lowest BCUT2D eigenvalue weighted by Crippen LogP contribution is -2.39. The molecule has 4 nitrogen and oxygen atoms in total. The van der Waals surface area contributed by atoms with Gasteiger partial charge in [-0.05, 0) is 43.0 Å². The van der Waals surface area contributed by atoms with Crippen molar-refractivity contribution in [2.24, 2.45) is 11.7 Å². The van der Waals surface area contributed by atoms with Crippen molar-refractivity contribution in [3.8, 4) is 5.75 Å². The molecule has 1 heterocycles. The van der Waals surface area contributed by atoms with Crippen LogP contribution in [0.3, 0.4) is 0 Å². The topological polar surface area (TPSA) is 55.6 Å². The van der Waals surface area contributed by atoms with Crippen LogP contribution in [0.25, 0.3) is 0 Å². The van der Waals surface area contributed by atoms with Crippen LogP contribution in [0, 0.1) is 5.92 Å². The highest BCUT2D eigenvalue weighted by molar-refractivity contribution is 5.80. The fourth-order valence-electron chi connectivity index (χ4n) is 2.57. The summed E-state index contributed by atoms with van der Waals surface area (Å²) >= 11 is 0. The lowest BCUT2D eigenvalue weighted by molar-refractivity contribution is -0.122. The minimum absolute atomic E-state index is 0.116. The summed E-state index contributed by atoms with van der Waals surface area (Å²) in [5.41, 5.74) is 6.61. The Hall–Kier alpha value is -1.55. The number of amides is 1. The molecule has 0 saturated carbocycles. The molecule has 0 bridgehead atoms. The van der Waals surface area contributed by atoms with Crippen LogP contribution in [0.15, 0.2) is 24.3 Å². The van der Waals surface area contributed by atoms with Crippen molar-refractivity contribution in [2.45, 2.75) is 39.3 Å². The van der Waals surface area contributed by atoms with Crippen LogP contribution in [0.2, 0.25) is 0 Å². The van der Waals surface area contributed by atoms with Crippen molar-refractivity contribution in [2.75, 3.05) is 13.2 Å². The van der Waals surface area contributed by atoms with Crippen LogP contribution in [0.4, 0.5) is 0 Å². The highest BCUT2D eigenvalue weighted by Gasteiger charge is 2.28. The van der Waals surface area contributed by atoms with E-state index in [1.165, 1.54) is 5.56 Å². The van der Waals surface area contributed by atoms with Gasteiger partial charge in [0.25, 0.3) is 0 Å². The second-order valence-corrected chi connectivity index (χ2v) is 5.88. The van der Waals surface area contributed by atoms with Crippen LogP contribution in [-0.2, 0) is 11.3 Å². The second kappa shape index (κ2) is 6.75. The van der Waals surface area contributed by atoms with Gasteiger partial charge in [0.05, 0.1) is 12.6 Å². The third-order valence-electron chi connectivity index (χ3n) is 3.56. The normalized spacial score (nSPS) is 19.4. The standard InChI is InChI=1S/C16H24N2O2/c1-12(2)11-20-14-6-3-5-13(9-14)10-18-8-4-7-15(18)16(17)19/h3,5-6,9,12,15H,4,7-8,10-11H2,1-2H3,(H2,17,19). The van der Waals surface area contributed by atoms with Gasteiger partial charge in [0.1, 0.15) is 5.75 Å². The predicted octanol–water partition coefficient (Wildman–Crippen LogP) is 2.17. The van der Waals surface area contributed by atoms with Crippen molar-refractivity contribution >= 4 is 5.91 Å². The third-order valence-corrected chi connectivity index (χ3v) is 3.56. The molecule has 1 aliphatic heterocycles. The first-order chi connectivity index (χ1) is 9.56. The quantitative estimate of drug-likeness (QED) is 0.866. The summed E-state index contributed by atoms with van der Waals surface area (Å²) in [6, 6.07) is 7.98. The molecule has 1 atom stereocenters. The van der Waals surface area contributed by atoms with Gasteiger partial charge in [0.15, 0.2) is 0 Å². The maximum Gasteiger partial charge on any atom is 0.234 e. The molecule has 0 spiro atoms. The molecule has 1 fully saturated rings. The number of primary amides is 1. The van der Waals surface area contributed by atoms with E-state index in [-0.39, 0.29) is 11.9 Å². The van der Waals surface area contributed by atoms with Crippen LogP contribution < -0.4 is 10.5 Å². The van der Waals surface area contributed by atoms with Gasteiger partial charge in [-0.3, -0.25) is 9.69 Å². The average Bonchev–Trinajstić information content (AvgIpc) is 2.85. The number of nitrogens with zero attached hydrogens (tertiary/aromatic N) is 1. The molecule has 1 aliphatic rings. The summed E-state index contributed by atoms with van der Waals surface area (Å²) in [4.78, 5) is 13.6. The number of rotatable bonds is 6. The Labute approximate surface area is 120 Å². The molecular weight excluding hydrogens is 252 g/mol. The Bertz CT molecular complexity index is 460. The summed E-state index contributed by atoms with van der Waals surface area (Å²) in [7, 11) is 0. The number of likely N-dealkylation sites (tertiary alicyclic amines) is 1. The molecule has 1 aromatic rings. The van der Waals surface area contributed by atoms with Gasteiger partial charge in [-0.25, -0.2) is 0 Å². The van der Waals surface area contributed by atoms with Crippen molar-refractivity contribution in [3.63, 3.8) is 0 Å². The minimum atomic E-state index is -0.213. The zero-order valence-electron chi connectivity index (χ0n) is 12.3. The molecule has 20 heavy (non-hydrogen) atoms. The molecular formula is C16H24N2O2. The van der Waals surface area contributed by atoms with Gasteiger partial charge in [0.2, 0.25) is 5.91 Å². The Morgan fingerprint density at radius 2 is 2.30 bits per heavy atom. The fourth-order valence-corrected chi connectivity index (χ4v) is 2.57. The largest absolute Gasteiger partial charge is 0.493 e. The summed E-state index contributed by atoms with van der Waals surface area (Å²) in [6.45, 7) is 6.67. The molecule has 0 aromatic heterocycles. The van der Waals surface area contributed by atoms with Gasteiger partial charge in [0, 0.05) is 6.54 Å². The summed E-state index contributed by atoms with van der Waals surface area (Å²) in [5, 5.41) is 0. The number of hydrogen-bond donors (Lipinski definition) is 1. The molecule has 1 saturated heterocycles. The molecule has 4 heteroatoms. The summed E-state index contributed by atoms with van der Waals surface area (Å²) in [6.07, 6.45) is 1.91. The van der Waals surface area contributed by atoms with E-state index in [1.54, 1.807) is 0 Å². The predicted molar refractivity (Wildman–Crippen MR) is 79.4 cm³/mol. The van der Waals surface area contributed by atoms with Crippen LogP contribution in [0.5, 0.6) is 5.75 Å². The molecule has 1 aromatic carbocycles. The Morgan fingerprint density at radius 1 is 1.50 bits per heavy atom. The van der Waals surface area contributed by atoms with Gasteiger partial charge in [-0.15, -0.1) is 0 Å². The van der Waals surface area contributed by atoms with Gasteiger partial charge in [-0.1, -0.05) is 26.0 Å². The fraction of sp³-hybridized carbons (Fsp3) is 0.562. The second-order valence-electron chi connectivity index (χ2n) is 5.88. The van der Waals surface area contributed by atoms with Crippen LogP contribution >= 0.6 is 0 Å². The van der Waals surface area contributed by atoms with E-state index < -0.39 is 0 Å². The van der Waals surface area contributed by atoms with Crippen molar-refractivity contribution in [1.29, 1.82) is 0 Å². The number of carbonyl (C=O) groups excluding carboxylic acids is 1. The first-order valence-electron chi connectivity index (χ1n) is 7.31. The third kappa shape index (κ3) is 3.97. The molecule has 1 amide bonds. The SMILES string of the molecule is CC(C)COc1cccc(CN2CCCC2C(N)=O)c1. The molecule has 2 N–H and O–H groups in total. The average molecular weight is 276 g/mol. The molecule has 110 valence electrons. The van der Waals surface area contributed by atoms with E-state index in [0.717, 1.165) is 38.3 Å². The van der Waals surface area contributed by atoms with E-state index in [9.17, 15) is 4.79 Å². The lowest BCUT2D eigenvalue weighted by Gasteiger charge is -2.22. The van der Waals surface area contributed by atoms with E-state index in [0.29, 0.717) is 5.92 Å². The van der Waals surface area contributed by atoms with Crippen molar-refractivity contribution < 1.29 is 9.53 Å². The smallest absolute Gasteiger partial charge is 0.234 e. The van der Waals surface area contributed by atoms with Crippen molar-refractivity contribution in [3.05, 3.63) is 29.8 Å². The number of carbonyl (C=O) groups is 1. The minimum Gasteiger partial charge on any atom is -0.493 e. The van der Waals surface area contributed by atoms with E-state index in [1.807, 2.05) is 12.1 Å². The van der Waals surface area contributed by atoms with Gasteiger partial charge in [-0.2, -0.15) is 0 Å². The van der Waals surface area contributed by atoms with Crippen molar-refractivity contribution in [1.82, 2.24) is 4.90 Å². The summed E-state index contributed by atoms with van der Waals surface area (Å²) < 4.78 is 5.74. The van der Waals surface area contributed by atoms with E-state index in [2.05, 4.69) is 30.9 Å². The van der Waals surface area contributed by atoms with Crippen LogP contribution in [-0.4, -0.2) is 30.0 Å². The lowest BCUT2D eigenvalue weighted by atomic mass is 10.1. The monoisotopic (exact) mass is 276 g/mol. The highest BCUT2D eigenvalue weighted by atomic mass is 16.5. The molecule has 2 rings (SSSR count). The summed E-state index contributed by atoms with van der Waals surface area (Å²) in [5.74, 6) is 1.19. The molecule has 1 unspecified atom stereocenters. The maximum atomic E-state index is 11.4. The number of ether oxygens (including phenoxy) is 1. The van der Waals surface area contributed by atoms with Crippen LogP contribution in [0.1, 0.15) is 32.3 Å². The Balaban J connectivity index is 1.98. The van der Waals surface area contributed by atoms with E-state index in [4.69, 9.17) is 10.5 Å². The Morgan fingerprint density at radius 3 is 3.00 bits per heavy atom. The first kappa shape index (κ1) is 14.9. The number of benzene rings is 1. The number of hydrogen-bond acceptors (Lipinski definition) is 3. The van der Waals surface area contributed by atoms with E-state index >= 15 is 0 Å². The maximum absolute atomic E-state index is 11.4.